The van der Waals surface area contributed by atoms with Gasteiger partial charge in [-0.3, -0.25) is 0 Å². The van der Waals surface area contributed by atoms with Crippen molar-refractivity contribution in [2.45, 2.75) is 41.5 Å². The molecular weight excluding hydrogens is 248 g/mol. The first-order valence-corrected chi connectivity index (χ1v) is 5.82. The van der Waals surface area contributed by atoms with Crippen LogP contribution in [0.5, 0.6) is 0 Å². The molecule has 0 bridgehead atoms. The van der Waals surface area contributed by atoms with Gasteiger partial charge in [-0.1, -0.05) is 41.5 Å². The van der Waals surface area contributed by atoms with Crippen LogP contribution >= 0.6 is 0 Å². The minimum Gasteiger partial charge on any atom is -0.211 e. The summed E-state index contributed by atoms with van der Waals surface area (Å²) in [6.07, 6.45) is 0. The van der Waals surface area contributed by atoms with Crippen LogP contribution in [0.15, 0.2) is 24.3 Å². The van der Waals surface area contributed by atoms with Gasteiger partial charge in [0.25, 0.3) is 0 Å². The van der Waals surface area contributed by atoms with Crippen LogP contribution in [-0.2, 0) is 17.1 Å². The largest absolute Gasteiger partial charge is 2.00 e. The third kappa shape index (κ3) is 4.18. The predicted octanol–water partition coefficient (Wildman–Crippen LogP) is 4.66. The van der Waals surface area contributed by atoms with Gasteiger partial charge < -0.3 is 0 Å². The Balaban J connectivity index is 0.000000292. The predicted molar refractivity (Wildman–Crippen MR) is 72.5 cm³/mol. The van der Waals surface area contributed by atoms with E-state index in [4.69, 9.17) is 0 Å². The minimum absolute atomic E-state index is 0. The van der Waals surface area contributed by atoms with Crippen molar-refractivity contribution in [2.75, 3.05) is 0 Å². The maximum Gasteiger partial charge on any atom is 2.00 e. The maximum atomic E-state index is 2.24. The molecule has 0 saturated carbocycles. The van der Waals surface area contributed by atoms with E-state index >= 15 is 0 Å². The second-order valence-corrected chi connectivity index (χ2v) is 4.65. The Morgan fingerprint density at radius 3 is 1.71 bits per heavy atom. The first kappa shape index (κ1) is 16.2. The van der Waals surface area contributed by atoms with Crippen molar-refractivity contribution in [3.05, 3.63) is 57.6 Å². The minimum atomic E-state index is 0. The molecule has 17 heavy (non-hydrogen) atoms. The molecule has 1 heteroatoms. The molecule has 0 heterocycles. The van der Waals surface area contributed by atoms with Gasteiger partial charge in [-0.05, 0) is 0 Å². The molecule has 2 rings (SSSR count). The van der Waals surface area contributed by atoms with Crippen LogP contribution in [0.3, 0.4) is 0 Å². The Kier molecular flexibility index (Phi) is 6.52. The summed E-state index contributed by atoms with van der Waals surface area (Å²) in [6, 6.07) is 8.56. The van der Waals surface area contributed by atoms with Crippen molar-refractivity contribution >= 4 is 0 Å². The summed E-state index contributed by atoms with van der Waals surface area (Å²) in [5.74, 6) is 0. The number of rotatable bonds is 0. The first-order valence-electron chi connectivity index (χ1n) is 5.82. The zero-order valence-corrected chi connectivity index (χ0v) is 12.8. The van der Waals surface area contributed by atoms with Gasteiger partial charge >= 0.3 is 17.1 Å². The monoisotopic (exact) mass is 270 g/mol. The molecule has 0 atom stereocenters. The average Bonchev–Trinajstić information content (AvgIpc) is 2.70. The van der Waals surface area contributed by atoms with E-state index in [0.29, 0.717) is 0 Å². The normalized spacial score (nSPS) is 9.29. The molecule has 0 amide bonds. The van der Waals surface area contributed by atoms with E-state index in [2.05, 4.69) is 65.8 Å². The van der Waals surface area contributed by atoms with Crippen molar-refractivity contribution in [3.63, 3.8) is 0 Å². The molecule has 0 aliphatic rings. The van der Waals surface area contributed by atoms with E-state index in [9.17, 15) is 0 Å². The van der Waals surface area contributed by atoms with Gasteiger partial charge in [0, 0.05) is 0 Å². The molecule has 0 fully saturated rings. The summed E-state index contributed by atoms with van der Waals surface area (Å²) in [5, 5.41) is 0. The Morgan fingerprint density at radius 2 is 1.59 bits per heavy atom. The van der Waals surface area contributed by atoms with Gasteiger partial charge in [-0.15, -0.1) is 0 Å². The third-order valence-electron chi connectivity index (χ3n) is 3.49. The standard InChI is InChI=1S/C9H13.C7H9.Fe/c1-6-5-7(2)9(4)8(6)3;1-6-4-3-5-7(6)2;/h5H,1-4H3;3-5H,1-2H3;/q2*-1;+2. The molecule has 0 spiro atoms. The van der Waals surface area contributed by atoms with Gasteiger partial charge in [-0.25, -0.2) is 6.07 Å². The van der Waals surface area contributed by atoms with Crippen LogP contribution in [0.25, 0.3) is 0 Å². The summed E-state index contributed by atoms with van der Waals surface area (Å²) in [6.45, 7) is 12.9. The Bertz CT molecular complexity index is 419. The molecule has 0 aliphatic heterocycles. The van der Waals surface area contributed by atoms with E-state index < -0.39 is 0 Å². The van der Waals surface area contributed by atoms with Crippen molar-refractivity contribution in [3.8, 4) is 0 Å². The Morgan fingerprint density at radius 1 is 1.00 bits per heavy atom. The van der Waals surface area contributed by atoms with Crippen LogP contribution in [0.1, 0.15) is 33.4 Å². The molecule has 0 nitrogen and oxygen atoms in total. The average molecular weight is 270 g/mol. The zero-order chi connectivity index (χ0) is 12.3. The second-order valence-electron chi connectivity index (χ2n) is 4.65. The first-order chi connectivity index (χ1) is 7.43. The number of aryl methyl sites for hydroxylation is 4. The molecule has 0 aromatic heterocycles. The maximum absolute atomic E-state index is 2.24. The smallest absolute Gasteiger partial charge is 0.211 e. The molecule has 94 valence electrons. The Hall–Kier alpha value is -0.781. The van der Waals surface area contributed by atoms with Gasteiger partial charge in [-0.2, -0.15) is 51.6 Å². The van der Waals surface area contributed by atoms with Crippen LogP contribution in [0.4, 0.5) is 0 Å². The molecule has 0 saturated heterocycles. The van der Waals surface area contributed by atoms with Crippen LogP contribution < -0.4 is 0 Å². The fourth-order valence-corrected chi connectivity index (χ4v) is 1.73. The summed E-state index contributed by atoms with van der Waals surface area (Å²) < 4.78 is 0. The number of hydrogen-bond donors (Lipinski definition) is 0. The van der Waals surface area contributed by atoms with Gasteiger partial charge in [0.1, 0.15) is 0 Å². The van der Waals surface area contributed by atoms with E-state index in [1.807, 2.05) is 0 Å². The zero-order valence-electron chi connectivity index (χ0n) is 11.7. The van der Waals surface area contributed by atoms with E-state index in [1.54, 1.807) is 0 Å². The van der Waals surface area contributed by atoms with E-state index in [1.165, 1.54) is 33.4 Å². The molecule has 0 aliphatic carbocycles. The van der Waals surface area contributed by atoms with E-state index in [-0.39, 0.29) is 17.1 Å². The number of hydrogen-bond acceptors (Lipinski definition) is 0. The summed E-state index contributed by atoms with van der Waals surface area (Å²) >= 11 is 0. The van der Waals surface area contributed by atoms with Crippen molar-refractivity contribution in [1.29, 1.82) is 0 Å². The van der Waals surface area contributed by atoms with Gasteiger partial charge in [0.05, 0.1) is 0 Å². The Labute approximate surface area is 116 Å². The molecule has 2 aromatic rings. The molecule has 0 radical (unpaired) electrons. The summed E-state index contributed by atoms with van der Waals surface area (Å²) in [7, 11) is 0. The fraction of sp³-hybridized carbons (Fsp3) is 0.375. The van der Waals surface area contributed by atoms with Crippen molar-refractivity contribution in [1.82, 2.24) is 0 Å². The quantitative estimate of drug-likeness (QED) is 0.482. The fourth-order valence-electron chi connectivity index (χ4n) is 1.73. The third-order valence-corrected chi connectivity index (χ3v) is 3.49. The second kappa shape index (κ2) is 6.83. The SMILES string of the molecule is Cc1c[c-](C)c(C)c1C.Cc1cc[cH-]c1C.[Fe+2]. The molecule has 2 aromatic carbocycles. The van der Waals surface area contributed by atoms with E-state index in [0.717, 1.165) is 0 Å². The summed E-state index contributed by atoms with van der Waals surface area (Å²) in [5.41, 5.74) is 8.52. The van der Waals surface area contributed by atoms with Gasteiger partial charge in [0.15, 0.2) is 0 Å². The topological polar surface area (TPSA) is 0 Å². The molecule has 0 N–H and O–H groups in total. The van der Waals surface area contributed by atoms with Gasteiger partial charge in [0.2, 0.25) is 0 Å². The van der Waals surface area contributed by atoms with Crippen LogP contribution in [0.2, 0.25) is 0 Å². The van der Waals surface area contributed by atoms with Crippen molar-refractivity contribution in [2.24, 2.45) is 0 Å². The molecular formula is C16H22Fe. The van der Waals surface area contributed by atoms with Crippen LogP contribution in [-0.4, -0.2) is 0 Å². The summed E-state index contributed by atoms with van der Waals surface area (Å²) in [4.78, 5) is 0. The molecule has 0 unspecified atom stereocenters. The van der Waals surface area contributed by atoms with Crippen molar-refractivity contribution < 1.29 is 17.1 Å². The van der Waals surface area contributed by atoms with Crippen LogP contribution in [0, 0.1) is 41.5 Å².